The molecule has 2 rings (SSSR count). The number of aryl methyl sites for hydroxylation is 2. The summed E-state index contributed by atoms with van der Waals surface area (Å²) >= 11 is 0. The third-order valence-corrected chi connectivity index (χ3v) is 2.95. The predicted octanol–water partition coefficient (Wildman–Crippen LogP) is 3.96. The zero-order valence-corrected chi connectivity index (χ0v) is 10.1. The molecule has 0 aliphatic heterocycles. The molecule has 0 aromatic heterocycles. The second-order valence-corrected chi connectivity index (χ2v) is 4.38. The summed E-state index contributed by atoms with van der Waals surface area (Å²) in [5.74, 6) is -0.170. The van der Waals surface area contributed by atoms with Crippen LogP contribution in [0.25, 0.3) is 0 Å². The maximum Gasteiger partial charge on any atom is 0.0962 e. The van der Waals surface area contributed by atoms with E-state index < -0.39 is 0 Å². The Kier molecular flexibility index (Phi) is 3.25. The highest BCUT2D eigenvalue weighted by Crippen LogP contribution is 2.24. The van der Waals surface area contributed by atoms with E-state index in [9.17, 15) is 5.26 Å². The van der Waals surface area contributed by atoms with Crippen LogP contribution in [-0.4, -0.2) is 0 Å². The van der Waals surface area contributed by atoms with Crippen molar-refractivity contribution in [3.63, 3.8) is 0 Å². The lowest BCUT2D eigenvalue weighted by Gasteiger charge is -2.10. The first-order chi connectivity index (χ1) is 8.20. The molecule has 1 nitrogen and oxygen atoms in total. The number of benzene rings is 2. The minimum Gasteiger partial charge on any atom is -0.197 e. The molecule has 0 saturated carbocycles. The Hall–Kier alpha value is -2.07. The molecule has 2 aromatic rings. The third-order valence-electron chi connectivity index (χ3n) is 2.95. The van der Waals surface area contributed by atoms with Gasteiger partial charge in [-0.05, 0) is 25.0 Å². The van der Waals surface area contributed by atoms with Crippen LogP contribution in [0.3, 0.4) is 0 Å². The highest BCUT2D eigenvalue weighted by molar-refractivity contribution is 5.39. The van der Waals surface area contributed by atoms with Crippen molar-refractivity contribution in [3.05, 3.63) is 70.8 Å². The fraction of sp³-hybridized carbons (Fsp3) is 0.188. The van der Waals surface area contributed by atoms with E-state index in [2.05, 4.69) is 19.9 Å². The highest BCUT2D eigenvalue weighted by Gasteiger charge is 2.12. The third kappa shape index (κ3) is 2.54. The van der Waals surface area contributed by atoms with Gasteiger partial charge in [-0.2, -0.15) is 5.26 Å². The van der Waals surface area contributed by atoms with Crippen LogP contribution in [-0.2, 0) is 0 Å². The summed E-state index contributed by atoms with van der Waals surface area (Å²) in [5.41, 5.74) is 4.55. The standard InChI is InChI=1S/C16H15N/c1-12-3-7-14(8-4-12)16(11-17)15-9-5-13(2)6-10-15/h3-10,16H,1-2H3. The van der Waals surface area contributed by atoms with Gasteiger partial charge in [-0.3, -0.25) is 0 Å². The zero-order chi connectivity index (χ0) is 12.3. The summed E-state index contributed by atoms with van der Waals surface area (Å²) in [4.78, 5) is 0. The predicted molar refractivity (Wildman–Crippen MR) is 69.8 cm³/mol. The van der Waals surface area contributed by atoms with E-state index in [0.717, 1.165) is 11.1 Å². The fourth-order valence-electron chi connectivity index (χ4n) is 1.86. The van der Waals surface area contributed by atoms with Crippen molar-refractivity contribution in [2.24, 2.45) is 0 Å². The lowest BCUT2D eigenvalue weighted by atomic mass is 9.92. The molecule has 1 heteroatoms. The molecule has 0 amide bonds. The van der Waals surface area contributed by atoms with Gasteiger partial charge in [0.15, 0.2) is 0 Å². The van der Waals surface area contributed by atoms with E-state index in [0.29, 0.717) is 0 Å². The Morgan fingerprint density at radius 3 is 1.41 bits per heavy atom. The zero-order valence-electron chi connectivity index (χ0n) is 10.1. The maximum absolute atomic E-state index is 9.32. The molecule has 17 heavy (non-hydrogen) atoms. The lowest BCUT2D eigenvalue weighted by Crippen LogP contribution is -1.98. The van der Waals surface area contributed by atoms with Crippen molar-refractivity contribution in [2.45, 2.75) is 19.8 Å². The van der Waals surface area contributed by atoms with Gasteiger partial charge < -0.3 is 0 Å². The van der Waals surface area contributed by atoms with E-state index in [-0.39, 0.29) is 5.92 Å². The molecule has 0 bridgehead atoms. The average molecular weight is 221 g/mol. The Balaban J connectivity index is 2.37. The first kappa shape index (κ1) is 11.4. The highest BCUT2D eigenvalue weighted by atomic mass is 14.3. The number of rotatable bonds is 2. The average Bonchev–Trinajstić information content (AvgIpc) is 2.35. The molecule has 0 atom stereocenters. The minimum atomic E-state index is -0.170. The molecule has 84 valence electrons. The van der Waals surface area contributed by atoms with Gasteiger partial charge >= 0.3 is 0 Å². The second kappa shape index (κ2) is 4.84. The Morgan fingerprint density at radius 2 is 1.12 bits per heavy atom. The van der Waals surface area contributed by atoms with Gasteiger partial charge in [0.2, 0.25) is 0 Å². The number of hydrogen-bond donors (Lipinski definition) is 0. The normalized spacial score (nSPS) is 10.2. The molecule has 0 spiro atoms. The van der Waals surface area contributed by atoms with Crippen LogP contribution in [0.2, 0.25) is 0 Å². The van der Waals surface area contributed by atoms with E-state index in [1.165, 1.54) is 11.1 Å². The minimum absolute atomic E-state index is 0.170. The Bertz CT molecular complexity index is 484. The molecule has 0 heterocycles. The van der Waals surface area contributed by atoms with Crippen molar-refractivity contribution in [1.82, 2.24) is 0 Å². The molecule has 0 radical (unpaired) electrons. The van der Waals surface area contributed by atoms with Crippen molar-refractivity contribution in [2.75, 3.05) is 0 Å². The topological polar surface area (TPSA) is 23.8 Å². The van der Waals surface area contributed by atoms with Gasteiger partial charge in [0.05, 0.1) is 12.0 Å². The van der Waals surface area contributed by atoms with Crippen LogP contribution in [0.15, 0.2) is 48.5 Å². The molecule has 0 saturated heterocycles. The SMILES string of the molecule is Cc1ccc(C(C#N)c2ccc(C)cc2)cc1. The molecule has 0 unspecified atom stereocenters. The van der Waals surface area contributed by atoms with Crippen molar-refractivity contribution >= 4 is 0 Å². The van der Waals surface area contributed by atoms with Gasteiger partial charge in [0.1, 0.15) is 0 Å². The van der Waals surface area contributed by atoms with Gasteiger partial charge in [-0.15, -0.1) is 0 Å². The fourth-order valence-corrected chi connectivity index (χ4v) is 1.86. The van der Waals surface area contributed by atoms with Crippen LogP contribution in [0, 0.1) is 25.2 Å². The van der Waals surface area contributed by atoms with Gasteiger partial charge in [0.25, 0.3) is 0 Å². The maximum atomic E-state index is 9.32. The first-order valence-corrected chi connectivity index (χ1v) is 5.73. The summed E-state index contributed by atoms with van der Waals surface area (Å²) in [7, 11) is 0. The molecular formula is C16H15N. The van der Waals surface area contributed by atoms with E-state index in [1.54, 1.807) is 0 Å². The van der Waals surface area contributed by atoms with Gasteiger partial charge in [-0.25, -0.2) is 0 Å². The molecular weight excluding hydrogens is 206 g/mol. The van der Waals surface area contributed by atoms with E-state index in [1.807, 2.05) is 48.5 Å². The monoisotopic (exact) mass is 221 g/mol. The lowest BCUT2D eigenvalue weighted by molar-refractivity contribution is 1.03. The van der Waals surface area contributed by atoms with Crippen LogP contribution < -0.4 is 0 Å². The van der Waals surface area contributed by atoms with Gasteiger partial charge in [0, 0.05) is 0 Å². The van der Waals surface area contributed by atoms with Gasteiger partial charge in [-0.1, -0.05) is 59.7 Å². The first-order valence-electron chi connectivity index (χ1n) is 5.73. The summed E-state index contributed by atoms with van der Waals surface area (Å²) in [6.07, 6.45) is 0. The quantitative estimate of drug-likeness (QED) is 0.753. The van der Waals surface area contributed by atoms with Crippen LogP contribution in [0.1, 0.15) is 28.2 Å². The van der Waals surface area contributed by atoms with Crippen LogP contribution in [0.4, 0.5) is 0 Å². The van der Waals surface area contributed by atoms with Crippen molar-refractivity contribution < 1.29 is 0 Å². The second-order valence-electron chi connectivity index (χ2n) is 4.38. The van der Waals surface area contributed by atoms with E-state index in [4.69, 9.17) is 0 Å². The number of nitriles is 1. The Morgan fingerprint density at radius 1 is 0.765 bits per heavy atom. The molecule has 0 aliphatic rings. The smallest absolute Gasteiger partial charge is 0.0962 e. The number of hydrogen-bond acceptors (Lipinski definition) is 1. The van der Waals surface area contributed by atoms with Crippen LogP contribution >= 0.6 is 0 Å². The van der Waals surface area contributed by atoms with Crippen molar-refractivity contribution in [1.29, 1.82) is 5.26 Å². The summed E-state index contributed by atoms with van der Waals surface area (Å²) in [6, 6.07) is 18.7. The molecule has 0 aliphatic carbocycles. The van der Waals surface area contributed by atoms with E-state index >= 15 is 0 Å². The molecule has 0 fully saturated rings. The summed E-state index contributed by atoms with van der Waals surface area (Å²) in [5, 5.41) is 9.32. The van der Waals surface area contributed by atoms with Crippen molar-refractivity contribution in [3.8, 4) is 6.07 Å². The largest absolute Gasteiger partial charge is 0.197 e. The Labute approximate surface area is 102 Å². The molecule has 2 aromatic carbocycles. The molecule has 0 N–H and O–H groups in total. The summed E-state index contributed by atoms with van der Waals surface area (Å²) in [6.45, 7) is 4.11. The van der Waals surface area contributed by atoms with Crippen LogP contribution in [0.5, 0.6) is 0 Å². The number of nitrogens with zero attached hydrogens (tertiary/aromatic N) is 1. The summed E-state index contributed by atoms with van der Waals surface area (Å²) < 4.78 is 0.